The van der Waals surface area contributed by atoms with E-state index in [1.165, 1.54) is 7.11 Å². The van der Waals surface area contributed by atoms with Crippen LogP contribution >= 0.6 is 15.9 Å². The molecule has 132 valence electrons. The molecule has 1 N–H and O–H groups in total. The highest BCUT2D eigenvalue weighted by Crippen LogP contribution is 2.47. The van der Waals surface area contributed by atoms with Crippen LogP contribution in [-0.4, -0.2) is 38.8 Å². The van der Waals surface area contributed by atoms with E-state index < -0.39 is 17.5 Å². The van der Waals surface area contributed by atoms with Gasteiger partial charge in [0.25, 0.3) is 0 Å². The number of hydrogen-bond acceptors (Lipinski definition) is 6. The molecule has 1 aliphatic rings. The van der Waals surface area contributed by atoms with E-state index >= 15 is 0 Å². The average Bonchev–Trinajstić information content (AvgIpc) is 2.93. The summed E-state index contributed by atoms with van der Waals surface area (Å²) in [4.78, 5) is 24.6. The summed E-state index contributed by atoms with van der Waals surface area (Å²) in [6, 6.07) is 4.53. The summed E-state index contributed by atoms with van der Waals surface area (Å²) in [6.45, 7) is 3.83. The molecule has 0 spiro atoms. The van der Waals surface area contributed by atoms with Crippen molar-refractivity contribution in [3.63, 3.8) is 0 Å². The van der Waals surface area contributed by atoms with Crippen LogP contribution in [0.5, 0.6) is 5.75 Å². The zero-order valence-corrected chi connectivity index (χ0v) is 15.8. The molecule has 0 unspecified atom stereocenters. The van der Waals surface area contributed by atoms with Crippen LogP contribution in [0.1, 0.15) is 31.9 Å². The van der Waals surface area contributed by atoms with E-state index in [1.807, 2.05) is 18.2 Å². The lowest BCUT2D eigenvalue weighted by Crippen LogP contribution is -2.36. The number of methoxy groups -OCH3 is 2. The normalized spacial score (nSPS) is 26.0. The molecule has 1 aliphatic heterocycles. The second-order valence-electron chi connectivity index (χ2n) is 5.90. The molecule has 2 rings (SSSR count). The van der Waals surface area contributed by atoms with E-state index in [-0.39, 0.29) is 18.5 Å². The monoisotopic (exact) mass is 399 g/mol. The second-order valence-corrected chi connectivity index (χ2v) is 6.82. The van der Waals surface area contributed by atoms with Crippen molar-refractivity contribution in [3.8, 4) is 5.75 Å². The van der Waals surface area contributed by atoms with Crippen LogP contribution in [0.2, 0.25) is 0 Å². The quantitative estimate of drug-likeness (QED) is 0.767. The maximum absolute atomic E-state index is 12.5. The Kier molecular flexibility index (Phi) is 5.87. The van der Waals surface area contributed by atoms with Crippen LogP contribution in [0.4, 0.5) is 0 Å². The summed E-state index contributed by atoms with van der Waals surface area (Å²) in [5.41, 5.74) is -0.133. The van der Waals surface area contributed by atoms with E-state index in [9.17, 15) is 9.59 Å². The number of ether oxygens (including phenoxy) is 3. The molecule has 0 aliphatic carbocycles. The Bertz CT molecular complexity index is 635. The minimum Gasteiger partial charge on any atom is -0.496 e. The molecule has 0 saturated carbocycles. The van der Waals surface area contributed by atoms with Crippen LogP contribution < -0.4 is 10.1 Å². The first-order chi connectivity index (χ1) is 11.4. The predicted molar refractivity (Wildman–Crippen MR) is 91.7 cm³/mol. The first-order valence-electron chi connectivity index (χ1n) is 7.72. The van der Waals surface area contributed by atoms with Crippen LogP contribution in [-0.2, 0) is 19.1 Å². The van der Waals surface area contributed by atoms with Crippen LogP contribution in [0.25, 0.3) is 0 Å². The smallest absolute Gasteiger partial charge is 0.323 e. The molecular weight excluding hydrogens is 378 g/mol. The van der Waals surface area contributed by atoms with Gasteiger partial charge in [0.1, 0.15) is 11.8 Å². The molecule has 0 bridgehead atoms. The van der Waals surface area contributed by atoms with E-state index in [0.29, 0.717) is 12.2 Å². The molecule has 0 radical (unpaired) electrons. The number of carbonyl (C=O) groups excluding carboxylic acids is 2. The van der Waals surface area contributed by atoms with Gasteiger partial charge in [-0.15, -0.1) is 0 Å². The average molecular weight is 400 g/mol. The summed E-state index contributed by atoms with van der Waals surface area (Å²) >= 11 is 3.44. The summed E-state index contributed by atoms with van der Waals surface area (Å²) in [6.07, 6.45) is 0.291. The third-order valence-electron chi connectivity index (χ3n) is 4.36. The van der Waals surface area contributed by atoms with Gasteiger partial charge in [0, 0.05) is 10.0 Å². The van der Waals surface area contributed by atoms with Crippen LogP contribution in [0.15, 0.2) is 22.7 Å². The molecule has 1 heterocycles. The van der Waals surface area contributed by atoms with Gasteiger partial charge in [-0.3, -0.25) is 14.9 Å². The molecule has 0 aromatic heterocycles. The SMILES string of the molecule is CCOC(=O)[C@@H]1C[C@](C)(C(=O)OC)[C@H](c2cc(Br)ccc2OC)N1. The summed E-state index contributed by atoms with van der Waals surface area (Å²) in [7, 11) is 2.92. The number of rotatable bonds is 5. The highest BCUT2D eigenvalue weighted by atomic mass is 79.9. The fraction of sp³-hybridized carbons (Fsp3) is 0.529. The minimum absolute atomic E-state index is 0.289. The van der Waals surface area contributed by atoms with Crippen molar-refractivity contribution in [2.24, 2.45) is 5.41 Å². The van der Waals surface area contributed by atoms with E-state index in [1.54, 1.807) is 21.0 Å². The standard InChI is InChI=1S/C17H22BrNO5/c1-5-24-15(20)12-9-17(2,16(21)23-4)14(19-12)11-8-10(18)6-7-13(11)22-3/h6-8,12,14,19H,5,9H2,1-4H3/t12-,14-,17-/m0/s1. The number of esters is 2. The molecule has 1 aromatic carbocycles. The van der Waals surface area contributed by atoms with Gasteiger partial charge >= 0.3 is 11.9 Å². The Morgan fingerprint density at radius 2 is 2.08 bits per heavy atom. The van der Waals surface area contributed by atoms with Gasteiger partial charge in [-0.25, -0.2) is 0 Å². The topological polar surface area (TPSA) is 73.9 Å². The summed E-state index contributed by atoms with van der Waals surface area (Å²) < 4.78 is 16.4. The molecule has 6 nitrogen and oxygen atoms in total. The van der Waals surface area contributed by atoms with Gasteiger partial charge in [0.2, 0.25) is 0 Å². The molecule has 7 heteroatoms. The molecule has 3 atom stereocenters. The number of halogens is 1. The molecular formula is C17H22BrNO5. The lowest BCUT2D eigenvalue weighted by Gasteiger charge is -2.29. The first kappa shape index (κ1) is 18.7. The molecule has 1 aromatic rings. The number of carbonyl (C=O) groups is 2. The van der Waals surface area contributed by atoms with Crippen molar-refractivity contribution < 1.29 is 23.8 Å². The Labute approximate surface area is 150 Å². The van der Waals surface area contributed by atoms with E-state index in [2.05, 4.69) is 21.2 Å². The highest BCUT2D eigenvalue weighted by Gasteiger charge is 2.53. The number of hydrogen-bond donors (Lipinski definition) is 1. The largest absolute Gasteiger partial charge is 0.496 e. The second kappa shape index (κ2) is 7.53. The first-order valence-corrected chi connectivity index (χ1v) is 8.51. The van der Waals surface area contributed by atoms with Crippen molar-refractivity contribution in [1.29, 1.82) is 0 Å². The van der Waals surface area contributed by atoms with Gasteiger partial charge in [-0.1, -0.05) is 15.9 Å². The lowest BCUT2D eigenvalue weighted by molar-refractivity contribution is -0.152. The van der Waals surface area contributed by atoms with Crippen molar-refractivity contribution in [2.45, 2.75) is 32.4 Å². The van der Waals surface area contributed by atoms with Gasteiger partial charge in [-0.05, 0) is 38.5 Å². The summed E-state index contributed by atoms with van der Waals surface area (Å²) in [5, 5.41) is 3.22. The van der Waals surface area contributed by atoms with Crippen molar-refractivity contribution in [1.82, 2.24) is 5.32 Å². The van der Waals surface area contributed by atoms with Crippen molar-refractivity contribution >= 4 is 27.9 Å². The fourth-order valence-electron chi connectivity index (χ4n) is 3.18. The van der Waals surface area contributed by atoms with Crippen molar-refractivity contribution in [2.75, 3.05) is 20.8 Å². The van der Waals surface area contributed by atoms with Crippen molar-refractivity contribution in [3.05, 3.63) is 28.2 Å². The number of nitrogens with one attached hydrogen (secondary N) is 1. The van der Waals surface area contributed by atoms with Crippen LogP contribution in [0, 0.1) is 5.41 Å². The van der Waals surface area contributed by atoms with Gasteiger partial charge in [0.05, 0.1) is 32.3 Å². The number of benzene rings is 1. The predicted octanol–water partition coefficient (Wildman–Crippen LogP) is 2.60. The lowest BCUT2D eigenvalue weighted by atomic mass is 9.78. The Balaban J connectivity index is 2.46. The maximum atomic E-state index is 12.5. The molecule has 24 heavy (non-hydrogen) atoms. The van der Waals surface area contributed by atoms with Gasteiger partial charge < -0.3 is 14.2 Å². The van der Waals surface area contributed by atoms with Gasteiger partial charge in [-0.2, -0.15) is 0 Å². The Hall–Kier alpha value is -1.60. The summed E-state index contributed by atoms with van der Waals surface area (Å²) in [5.74, 6) is -0.117. The third kappa shape index (κ3) is 3.42. The Morgan fingerprint density at radius 3 is 2.67 bits per heavy atom. The van der Waals surface area contributed by atoms with Crippen LogP contribution in [0.3, 0.4) is 0 Å². The van der Waals surface area contributed by atoms with E-state index in [0.717, 1.165) is 10.0 Å². The molecule has 1 fully saturated rings. The zero-order valence-electron chi connectivity index (χ0n) is 14.2. The molecule has 0 amide bonds. The zero-order chi connectivity index (χ0) is 17.9. The minimum atomic E-state index is -0.916. The maximum Gasteiger partial charge on any atom is 0.323 e. The Morgan fingerprint density at radius 1 is 1.38 bits per heavy atom. The third-order valence-corrected chi connectivity index (χ3v) is 4.85. The highest BCUT2D eigenvalue weighted by molar-refractivity contribution is 9.10. The van der Waals surface area contributed by atoms with Gasteiger partial charge in [0.15, 0.2) is 0 Å². The van der Waals surface area contributed by atoms with E-state index in [4.69, 9.17) is 14.2 Å². The fourth-order valence-corrected chi connectivity index (χ4v) is 3.56. The molecule has 1 saturated heterocycles.